The molecule has 1 amide bonds. The van der Waals surface area contributed by atoms with Gasteiger partial charge in [-0.1, -0.05) is 12.1 Å². The highest BCUT2D eigenvalue weighted by Crippen LogP contribution is 2.28. The smallest absolute Gasteiger partial charge is 0.223 e. The van der Waals surface area contributed by atoms with Gasteiger partial charge in [0.2, 0.25) is 5.91 Å². The number of halogens is 2. The van der Waals surface area contributed by atoms with Crippen LogP contribution in [0.25, 0.3) is 0 Å². The Kier molecular flexibility index (Phi) is 8.71. The lowest BCUT2D eigenvalue weighted by Crippen LogP contribution is -2.47. The molecule has 2 N–H and O–H groups in total. The molecule has 1 unspecified atom stereocenters. The minimum atomic E-state index is 0. The summed E-state index contributed by atoms with van der Waals surface area (Å²) in [6, 6.07) is 8.37. The molecule has 1 aromatic carbocycles. The Morgan fingerprint density at radius 1 is 1.38 bits per heavy atom. The minimum absolute atomic E-state index is 0. The molecule has 0 aromatic heterocycles. The number of hydrogen-bond donors (Lipinski definition) is 1. The third-order valence-corrected chi connectivity index (χ3v) is 5.66. The highest BCUT2D eigenvalue weighted by Gasteiger charge is 2.24. The van der Waals surface area contributed by atoms with E-state index in [4.69, 9.17) is 5.73 Å². The normalized spacial score (nSPS) is 18.2. The molecule has 1 heterocycles. The second-order valence-corrected chi connectivity index (χ2v) is 6.99. The first kappa shape index (κ1) is 18.8. The van der Waals surface area contributed by atoms with Crippen molar-refractivity contribution in [3.05, 3.63) is 28.7 Å². The second-order valence-electron chi connectivity index (χ2n) is 5.00. The number of carbonyl (C=O) groups is 1. The lowest BCUT2D eigenvalue weighted by molar-refractivity contribution is -0.134. The zero-order chi connectivity index (χ0) is 14.4. The Morgan fingerprint density at radius 3 is 2.86 bits per heavy atom. The van der Waals surface area contributed by atoms with Gasteiger partial charge in [-0.05, 0) is 47.3 Å². The second kappa shape index (κ2) is 9.72. The first-order valence-corrected chi connectivity index (χ1v) is 8.87. The summed E-state index contributed by atoms with van der Waals surface area (Å²) >= 11 is 5.25. The van der Waals surface area contributed by atoms with Crippen molar-refractivity contribution in [3.63, 3.8) is 0 Å². The molecular weight excluding hydrogens is 372 g/mol. The lowest BCUT2D eigenvalue weighted by Gasteiger charge is -2.35. The number of amides is 1. The number of carbonyl (C=O) groups excluding carboxylic acids is 1. The first-order valence-electron chi connectivity index (χ1n) is 7.09. The molecule has 21 heavy (non-hydrogen) atoms. The van der Waals surface area contributed by atoms with E-state index in [1.54, 1.807) is 11.8 Å². The molecule has 1 aliphatic rings. The predicted molar refractivity (Wildman–Crippen MR) is 95.1 cm³/mol. The Hall–Kier alpha value is -0.230. The number of benzene rings is 1. The summed E-state index contributed by atoms with van der Waals surface area (Å²) in [6.07, 6.45) is 3.94. The molecule has 2 rings (SSSR count). The van der Waals surface area contributed by atoms with Crippen LogP contribution in [0.1, 0.15) is 25.7 Å². The molecule has 3 nitrogen and oxygen atoms in total. The van der Waals surface area contributed by atoms with Crippen LogP contribution in [0.4, 0.5) is 0 Å². The van der Waals surface area contributed by atoms with Gasteiger partial charge in [0, 0.05) is 40.7 Å². The van der Waals surface area contributed by atoms with Gasteiger partial charge in [-0.3, -0.25) is 4.79 Å². The Labute approximate surface area is 145 Å². The highest BCUT2D eigenvalue weighted by atomic mass is 79.9. The number of nitrogens with two attached hydrogens (primary N) is 1. The van der Waals surface area contributed by atoms with Crippen LogP contribution in [0.2, 0.25) is 0 Å². The topological polar surface area (TPSA) is 46.3 Å². The lowest BCUT2D eigenvalue weighted by atomic mass is 10.0. The molecule has 118 valence electrons. The molecule has 1 aliphatic heterocycles. The van der Waals surface area contributed by atoms with E-state index in [0.717, 1.165) is 29.6 Å². The van der Waals surface area contributed by atoms with Gasteiger partial charge < -0.3 is 10.6 Å². The van der Waals surface area contributed by atoms with Crippen LogP contribution in [0.5, 0.6) is 0 Å². The Bertz CT molecular complexity index is 461. The number of thioether (sulfide) groups is 1. The van der Waals surface area contributed by atoms with Crippen LogP contribution in [0.15, 0.2) is 33.6 Å². The number of nitrogens with zero attached hydrogens (tertiary/aromatic N) is 1. The summed E-state index contributed by atoms with van der Waals surface area (Å²) in [7, 11) is 0. The quantitative estimate of drug-likeness (QED) is 0.776. The summed E-state index contributed by atoms with van der Waals surface area (Å²) in [5.41, 5.74) is 5.77. The van der Waals surface area contributed by atoms with Crippen molar-refractivity contribution >= 4 is 46.0 Å². The molecule has 1 fully saturated rings. The third kappa shape index (κ3) is 5.47. The van der Waals surface area contributed by atoms with Gasteiger partial charge in [0.05, 0.1) is 0 Å². The molecule has 0 saturated carbocycles. The fraction of sp³-hybridized carbons (Fsp3) is 0.533. The van der Waals surface area contributed by atoms with E-state index in [1.165, 1.54) is 11.3 Å². The fourth-order valence-corrected chi connectivity index (χ4v) is 4.03. The van der Waals surface area contributed by atoms with E-state index in [2.05, 4.69) is 22.0 Å². The van der Waals surface area contributed by atoms with Gasteiger partial charge >= 0.3 is 0 Å². The molecule has 0 radical (unpaired) electrons. The summed E-state index contributed by atoms with van der Waals surface area (Å²) in [6.45, 7) is 1.46. The van der Waals surface area contributed by atoms with E-state index >= 15 is 0 Å². The van der Waals surface area contributed by atoms with Gasteiger partial charge in [0.1, 0.15) is 0 Å². The molecule has 1 aromatic rings. The van der Waals surface area contributed by atoms with Gasteiger partial charge in [0.15, 0.2) is 0 Å². The van der Waals surface area contributed by atoms with E-state index in [1.807, 2.05) is 23.1 Å². The number of hydrogen-bond acceptors (Lipinski definition) is 3. The van der Waals surface area contributed by atoms with E-state index in [-0.39, 0.29) is 24.4 Å². The molecule has 0 spiro atoms. The molecule has 1 atom stereocenters. The van der Waals surface area contributed by atoms with Crippen molar-refractivity contribution in [2.24, 2.45) is 5.73 Å². The van der Waals surface area contributed by atoms with Crippen LogP contribution >= 0.6 is 40.1 Å². The van der Waals surface area contributed by atoms with Crippen molar-refractivity contribution in [2.75, 3.05) is 18.8 Å². The van der Waals surface area contributed by atoms with Gasteiger partial charge in [-0.2, -0.15) is 0 Å². The van der Waals surface area contributed by atoms with Crippen molar-refractivity contribution in [1.82, 2.24) is 4.90 Å². The maximum Gasteiger partial charge on any atom is 0.223 e. The summed E-state index contributed by atoms with van der Waals surface area (Å²) in [4.78, 5) is 15.5. The first-order chi connectivity index (χ1) is 9.72. The van der Waals surface area contributed by atoms with Crippen molar-refractivity contribution < 1.29 is 4.79 Å². The van der Waals surface area contributed by atoms with Crippen LogP contribution in [0, 0.1) is 0 Å². The van der Waals surface area contributed by atoms with Gasteiger partial charge in [0.25, 0.3) is 0 Å². The molecule has 6 heteroatoms. The van der Waals surface area contributed by atoms with Crippen LogP contribution in [-0.4, -0.2) is 35.7 Å². The average Bonchev–Trinajstić information content (AvgIpc) is 2.49. The van der Waals surface area contributed by atoms with Gasteiger partial charge in [-0.15, -0.1) is 24.2 Å². The standard InChI is InChI=1S/C15H21BrN2OS.ClH/c16-13-6-1-2-7-14(13)20-10-8-15(19)18-9-4-3-5-12(18)11-17;/h1-2,6-7,12H,3-5,8-11,17H2;1H. The SMILES string of the molecule is Cl.NCC1CCCCN1C(=O)CCSc1ccccc1Br. The largest absolute Gasteiger partial charge is 0.338 e. The van der Waals surface area contributed by atoms with Crippen LogP contribution < -0.4 is 5.73 Å². The summed E-state index contributed by atoms with van der Waals surface area (Å²) in [5, 5.41) is 0. The van der Waals surface area contributed by atoms with Crippen molar-refractivity contribution in [1.29, 1.82) is 0 Å². The van der Waals surface area contributed by atoms with E-state index in [0.29, 0.717) is 13.0 Å². The summed E-state index contributed by atoms with van der Waals surface area (Å²) in [5.74, 6) is 1.06. The average molecular weight is 394 g/mol. The Balaban J connectivity index is 0.00000220. The zero-order valence-electron chi connectivity index (χ0n) is 12.0. The molecular formula is C15H22BrClN2OS. The van der Waals surface area contributed by atoms with E-state index < -0.39 is 0 Å². The monoisotopic (exact) mass is 392 g/mol. The third-order valence-electron chi connectivity index (χ3n) is 3.63. The Morgan fingerprint density at radius 2 is 2.14 bits per heavy atom. The predicted octanol–water partition coefficient (Wildman–Crippen LogP) is 3.69. The van der Waals surface area contributed by atoms with Crippen molar-refractivity contribution in [2.45, 2.75) is 36.6 Å². The number of piperidine rings is 1. The number of likely N-dealkylation sites (tertiary alicyclic amines) is 1. The van der Waals surface area contributed by atoms with E-state index in [9.17, 15) is 4.79 Å². The van der Waals surface area contributed by atoms with Crippen LogP contribution in [-0.2, 0) is 4.79 Å². The maximum absolute atomic E-state index is 12.3. The highest BCUT2D eigenvalue weighted by molar-refractivity contribution is 9.10. The minimum Gasteiger partial charge on any atom is -0.338 e. The number of rotatable bonds is 5. The fourth-order valence-electron chi connectivity index (χ4n) is 2.53. The molecule has 0 bridgehead atoms. The molecule has 0 aliphatic carbocycles. The molecule has 1 saturated heterocycles. The van der Waals surface area contributed by atoms with Crippen molar-refractivity contribution in [3.8, 4) is 0 Å². The summed E-state index contributed by atoms with van der Waals surface area (Å²) < 4.78 is 1.09. The van der Waals surface area contributed by atoms with Crippen LogP contribution in [0.3, 0.4) is 0 Å². The maximum atomic E-state index is 12.3. The van der Waals surface area contributed by atoms with Gasteiger partial charge in [-0.25, -0.2) is 0 Å². The zero-order valence-corrected chi connectivity index (χ0v) is 15.2.